The fourth-order valence-corrected chi connectivity index (χ4v) is 3.27. The van der Waals surface area contributed by atoms with Crippen molar-refractivity contribution >= 4 is 23.2 Å². The minimum atomic E-state index is 0.462. The Balaban J connectivity index is 1.54. The molecule has 1 aromatic heterocycles. The van der Waals surface area contributed by atoms with Crippen LogP contribution in [-0.2, 0) is 6.42 Å². The number of piperidine rings is 1. The molecule has 0 radical (unpaired) electrons. The van der Waals surface area contributed by atoms with Gasteiger partial charge in [0.05, 0.1) is 10.0 Å². The minimum Gasteiger partial charge on any atom is -0.339 e. The van der Waals surface area contributed by atoms with E-state index in [1.165, 1.54) is 25.9 Å². The lowest BCUT2D eigenvalue weighted by Crippen LogP contribution is -2.33. The van der Waals surface area contributed by atoms with Crippen molar-refractivity contribution in [1.82, 2.24) is 15.0 Å². The number of nitrogens with zero attached hydrogens (tertiary/aromatic N) is 3. The molecular formula is C17H21Cl2N3O. The number of hydrogen-bond donors (Lipinski definition) is 0. The van der Waals surface area contributed by atoms with Crippen LogP contribution in [0.3, 0.4) is 0 Å². The number of aromatic nitrogens is 2. The van der Waals surface area contributed by atoms with Gasteiger partial charge in [-0.25, -0.2) is 0 Å². The molecule has 2 heterocycles. The van der Waals surface area contributed by atoms with Crippen LogP contribution in [-0.4, -0.2) is 34.7 Å². The zero-order chi connectivity index (χ0) is 16.2. The van der Waals surface area contributed by atoms with Crippen molar-refractivity contribution in [3.8, 4) is 11.4 Å². The summed E-state index contributed by atoms with van der Waals surface area (Å²) in [6.07, 6.45) is 4.42. The number of aryl methyl sites for hydroxylation is 1. The summed E-state index contributed by atoms with van der Waals surface area (Å²) in [4.78, 5) is 6.96. The van der Waals surface area contributed by atoms with Crippen LogP contribution in [0.25, 0.3) is 11.4 Å². The summed E-state index contributed by atoms with van der Waals surface area (Å²) in [6, 6.07) is 5.42. The second-order valence-corrected chi connectivity index (χ2v) is 7.03. The molecule has 1 aromatic carbocycles. The van der Waals surface area contributed by atoms with E-state index in [1.807, 2.05) is 12.1 Å². The highest BCUT2D eigenvalue weighted by Crippen LogP contribution is 2.31. The second-order valence-electron chi connectivity index (χ2n) is 6.24. The van der Waals surface area contributed by atoms with Gasteiger partial charge in [-0.15, -0.1) is 0 Å². The lowest BCUT2D eigenvalue weighted by Gasteiger charge is -2.29. The smallest absolute Gasteiger partial charge is 0.227 e. The monoisotopic (exact) mass is 353 g/mol. The van der Waals surface area contributed by atoms with Gasteiger partial charge in [0.25, 0.3) is 0 Å². The van der Waals surface area contributed by atoms with Gasteiger partial charge in [-0.3, -0.25) is 0 Å². The number of halogens is 2. The van der Waals surface area contributed by atoms with E-state index in [0.29, 0.717) is 27.3 Å². The van der Waals surface area contributed by atoms with Gasteiger partial charge in [0.2, 0.25) is 11.7 Å². The van der Waals surface area contributed by atoms with Gasteiger partial charge >= 0.3 is 0 Å². The van der Waals surface area contributed by atoms with Crippen LogP contribution >= 0.6 is 23.2 Å². The summed E-state index contributed by atoms with van der Waals surface area (Å²) in [5, 5.41) is 4.98. The number of likely N-dealkylation sites (tertiary alicyclic amines) is 1. The Morgan fingerprint density at radius 3 is 2.83 bits per heavy atom. The molecule has 1 aliphatic rings. The first-order valence-electron chi connectivity index (χ1n) is 8.13. The first-order valence-corrected chi connectivity index (χ1v) is 8.88. The molecule has 1 saturated heterocycles. The summed E-state index contributed by atoms with van der Waals surface area (Å²) >= 11 is 12.2. The van der Waals surface area contributed by atoms with E-state index in [2.05, 4.69) is 22.0 Å². The van der Waals surface area contributed by atoms with Crippen molar-refractivity contribution in [3.05, 3.63) is 34.1 Å². The molecule has 0 N–H and O–H groups in total. The van der Waals surface area contributed by atoms with Gasteiger partial charge in [0, 0.05) is 12.0 Å². The van der Waals surface area contributed by atoms with Crippen molar-refractivity contribution in [3.63, 3.8) is 0 Å². The molecule has 3 rings (SSSR count). The highest BCUT2D eigenvalue weighted by Gasteiger charge is 2.16. The second kappa shape index (κ2) is 7.65. The largest absolute Gasteiger partial charge is 0.339 e. The maximum absolute atomic E-state index is 6.19. The van der Waals surface area contributed by atoms with Crippen molar-refractivity contribution in [2.45, 2.75) is 32.6 Å². The Bertz CT molecular complexity index is 651. The van der Waals surface area contributed by atoms with Crippen molar-refractivity contribution in [2.75, 3.05) is 19.6 Å². The van der Waals surface area contributed by atoms with E-state index >= 15 is 0 Å². The van der Waals surface area contributed by atoms with E-state index in [1.54, 1.807) is 6.07 Å². The molecule has 1 fully saturated rings. The lowest BCUT2D eigenvalue weighted by molar-refractivity contribution is 0.189. The first kappa shape index (κ1) is 16.7. The predicted molar refractivity (Wildman–Crippen MR) is 92.9 cm³/mol. The minimum absolute atomic E-state index is 0.462. The Hall–Kier alpha value is -1.10. The van der Waals surface area contributed by atoms with E-state index in [4.69, 9.17) is 27.7 Å². The van der Waals surface area contributed by atoms with Gasteiger partial charge in [0.1, 0.15) is 0 Å². The zero-order valence-corrected chi connectivity index (χ0v) is 14.8. The van der Waals surface area contributed by atoms with Crippen molar-refractivity contribution in [1.29, 1.82) is 0 Å². The molecule has 124 valence electrons. The highest BCUT2D eigenvalue weighted by atomic mass is 35.5. The molecule has 0 bridgehead atoms. The van der Waals surface area contributed by atoms with Crippen LogP contribution in [0.15, 0.2) is 22.7 Å². The summed E-state index contributed by atoms with van der Waals surface area (Å²) in [7, 11) is 0. The Morgan fingerprint density at radius 1 is 1.26 bits per heavy atom. The summed E-state index contributed by atoms with van der Waals surface area (Å²) in [6.45, 7) is 5.82. The summed E-state index contributed by atoms with van der Waals surface area (Å²) in [5.41, 5.74) is 0.708. The van der Waals surface area contributed by atoms with Gasteiger partial charge in [-0.05, 0) is 56.9 Å². The van der Waals surface area contributed by atoms with Gasteiger partial charge in [0.15, 0.2) is 0 Å². The molecule has 2 aromatic rings. The number of hydrogen-bond acceptors (Lipinski definition) is 4. The SMILES string of the molecule is CC1CCN(CCCc2nc(-c3cccc(Cl)c3Cl)no2)CC1. The maximum atomic E-state index is 6.19. The zero-order valence-electron chi connectivity index (χ0n) is 13.3. The number of rotatable bonds is 5. The third-order valence-electron chi connectivity index (χ3n) is 4.40. The fourth-order valence-electron chi connectivity index (χ4n) is 2.88. The van der Waals surface area contributed by atoms with E-state index in [9.17, 15) is 0 Å². The van der Waals surface area contributed by atoms with Crippen molar-refractivity contribution < 1.29 is 4.52 Å². The molecule has 0 amide bonds. The molecule has 6 heteroatoms. The standard InChI is InChI=1S/C17H21Cl2N3O/c1-12-7-10-22(11-8-12)9-3-6-15-20-17(21-23-15)13-4-2-5-14(18)16(13)19/h2,4-5,12H,3,6-11H2,1H3. The van der Waals surface area contributed by atoms with E-state index < -0.39 is 0 Å². The van der Waals surface area contributed by atoms with Crippen LogP contribution < -0.4 is 0 Å². The molecule has 1 aliphatic heterocycles. The molecular weight excluding hydrogens is 333 g/mol. The topological polar surface area (TPSA) is 42.2 Å². The van der Waals surface area contributed by atoms with Crippen LogP contribution in [0.1, 0.15) is 32.1 Å². The Morgan fingerprint density at radius 2 is 2.04 bits per heavy atom. The summed E-state index contributed by atoms with van der Waals surface area (Å²) < 4.78 is 5.34. The normalized spacial score (nSPS) is 16.8. The van der Waals surface area contributed by atoms with E-state index in [0.717, 1.165) is 25.3 Å². The van der Waals surface area contributed by atoms with Crippen LogP contribution in [0.5, 0.6) is 0 Å². The molecule has 23 heavy (non-hydrogen) atoms. The quantitative estimate of drug-likeness (QED) is 0.780. The molecule has 4 nitrogen and oxygen atoms in total. The van der Waals surface area contributed by atoms with Gasteiger partial charge in [-0.2, -0.15) is 4.98 Å². The molecule has 0 spiro atoms. The average molecular weight is 354 g/mol. The molecule has 0 saturated carbocycles. The van der Waals surface area contributed by atoms with Gasteiger partial charge in [-0.1, -0.05) is 41.3 Å². The van der Waals surface area contributed by atoms with E-state index in [-0.39, 0.29) is 0 Å². The lowest BCUT2D eigenvalue weighted by atomic mass is 9.99. The molecule has 0 atom stereocenters. The van der Waals surface area contributed by atoms with Crippen LogP contribution in [0, 0.1) is 5.92 Å². The first-order chi connectivity index (χ1) is 11.1. The predicted octanol–water partition coefficient (Wildman–Crippen LogP) is 4.71. The maximum Gasteiger partial charge on any atom is 0.227 e. The van der Waals surface area contributed by atoms with Gasteiger partial charge < -0.3 is 9.42 Å². The third kappa shape index (κ3) is 4.25. The summed E-state index contributed by atoms with van der Waals surface area (Å²) in [5.74, 6) is 2.02. The fraction of sp³-hybridized carbons (Fsp3) is 0.529. The van der Waals surface area contributed by atoms with Crippen LogP contribution in [0.4, 0.5) is 0 Å². The molecule has 0 unspecified atom stereocenters. The number of benzene rings is 1. The van der Waals surface area contributed by atoms with Crippen LogP contribution in [0.2, 0.25) is 10.0 Å². The highest BCUT2D eigenvalue weighted by molar-refractivity contribution is 6.43. The third-order valence-corrected chi connectivity index (χ3v) is 5.22. The van der Waals surface area contributed by atoms with Crippen molar-refractivity contribution in [2.24, 2.45) is 5.92 Å². The Kier molecular flexibility index (Phi) is 5.57. The Labute approximate surface area is 146 Å². The average Bonchev–Trinajstić information content (AvgIpc) is 3.01. The molecule has 0 aliphatic carbocycles.